The van der Waals surface area contributed by atoms with E-state index in [0.29, 0.717) is 0 Å². The number of fused-ring (bicyclic) bond motifs is 1. The van der Waals surface area contributed by atoms with Gasteiger partial charge in [-0.15, -0.1) is 0 Å². The molecule has 2 rings (SSSR count). The molecule has 0 amide bonds. The second-order valence-electron chi connectivity index (χ2n) is 6.00. The highest BCUT2D eigenvalue weighted by atomic mass is 14.6. The van der Waals surface area contributed by atoms with E-state index in [4.69, 9.17) is 0 Å². The third-order valence-corrected chi connectivity index (χ3v) is 6.25. The van der Waals surface area contributed by atoms with Crippen LogP contribution in [0.1, 0.15) is 55.4 Å². The van der Waals surface area contributed by atoms with Crippen molar-refractivity contribution in [1.29, 1.82) is 0 Å². The Hall–Kier alpha value is -0.780. The summed E-state index contributed by atoms with van der Waals surface area (Å²) in [5.41, 5.74) is 9.85. The fourth-order valence-electron chi connectivity index (χ4n) is 4.06. The van der Waals surface area contributed by atoms with Crippen LogP contribution in [0.25, 0.3) is 0 Å². The van der Waals surface area contributed by atoms with E-state index < -0.39 is 0 Å². The van der Waals surface area contributed by atoms with Gasteiger partial charge in [0.15, 0.2) is 0 Å². The van der Waals surface area contributed by atoms with Gasteiger partial charge in [0, 0.05) is 10.8 Å². The predicted molar refractivity (Wildman–Crippen MR) is 71.3 cm³/mol. The number of hydrogen-bond donors (Lipinski definition) is 0. The normalized spacial score (nSPS) is 39.0. The Morgan fingerprint density at radius 1 is 0.500 bits per heavy atom. The maximum Gasteiger partial charge on any atom is 0.0223 e. The highest BCUT2D eigenvalue weighted by molar-refractivity contribution is 5.61. The van der Waals surface area contributed by atoms with Gasteiger partial charge in [-0.25, -0.2) is 0 Å². The van der Waals surface area contributed by atoms with Crippen LogP contribution in [0.4, 0.5) is 0 Å². The molecule has 2 aliphatic carbocycles. The van der Waals surface area contributed by atoms with Crippen LogP contribution in [0.3, 0.4) is 0 Å². The van der Waals surface area contributed by atoms with Crippen LogP contribution in [0.5, 0.6) is 0 Å². The molecule has 0 nitrogen and oxygen atoms in total. The van der Waals surface area contributed by atoms with E-state index in [9.17, 15) is 0 Å². The Morgan fingerprint density at radius 2 is 0.750 bits per heavy atom. The average Bonchev–Trinajstić information content (AvgIpc) is 2.29. The van der Waals surface area contributed by atoms with E-state index in [1.54, 1.807) is 22.3 Å². The van der Waals surface area contributed by atoms with Gasteiger partial charge in [0.1, 0.15) is 0 Å². The Labute approximate surface area is 100 Å². The van der Waals surface area contributed by atoms with E-state index in [-0.39, 0.29) is 10.8 Å². The maximum atomic E-state index is 2.42. The highest BCUT2D eigenvalue weighted by Crippen LogP contribution is 2.69. The van der Waals surface area contributed by atoms with E-state index in [0.717, 1.165) is 0 Å². The number of hydrogen-bond acceptors (Lipinski definition) is 0. The van der Waals surface area contributed by atoms with Gasteiger partial charge in [0.05, 0.1) is 0 Å². The van der Waals surface area contributed by atoms with E-state index in [1.165, 1.54) is 11.1 Å². The zero-order chi connectivity index (χ0) is 12.5. The first-order valence-corrected chi connectivity index (χ1v) is 6.25. The summed E-state index contributed by atoms with van der Waals surface area (Å²) in [7, 11) is 0. The molecule has 0 unspecified atom stereocenters. The van der Waals surface area contributed by atoms with Crippen molar-refractivity contribution in [1.82, 2.24) is 0 Å². The highest BCUT2D eigenvalue weighted by Gasteiger charge is 2.59. The molecule has 0 aromatic rings. The average molecular weight is 216 g/mol. The number of allylic oxidation sites excluding steroid dienone is 6. The molecule has 0 heterocycles. The monoisotopic (exact) mass is 216 g/mol. The van der Waals surface area contributed by atoms with Gasteiger partial charge < -0.3 is 0 Å². The largest absolute Gasteiger partial charge is 0.0623 e. The van der Waals surface area contributed by atoms with Gasteiger partial charge in [-0.3, -0.25) is 0 Å². The first-order chi connectivity index (χ1) is 7.20. The lowest BCUT2D eigenvalue weighted by atomic mass is 9.41. The summed E-state index contributed by atoms with van der Waals surface area (Å²) < 4.78 is 0. The van der Waals surface area contributed by atoms with Crippen molar-refractivity contribution < 1.29 is 0 Å². The van der Waals surface area contributed by atoms with E-state index in [2.05, 4.69) is 55.4 Å². The third kappa shape index (κ3) is 0.849. The summed E-state index contributed by atoms with van der Waals surface area (Å²) in [5.74, 6) is 0. The van der Waals surface area contributed by atoms with Crippen LogP contribution in [0, 0.1) is 10.8 Å². The van der Waals surface area contributed by atoms with Crippen molar-refractivity contribution in [3.63, 3.8) is 0 Å². The zero-order valence-electron chi connectivity index (χ0n) is 12.0. The van der Waals surface area contributed by atoms with Gasteiger partial charge in [-0.1, -0.05) is 36.1 Å². The van der Waals surface area contributed by atoms with Crippen LogP contribution in [0.2, 0.25) is 0 Å². The molecular weight excluding hydrogens is 192 g/mol. The van der Waals surface area contributed by atoms with Crippen molar-refractivity contribution in [3.8, 4) is 0 Å². The molecule has 0 fully saturated rings. The van der Waals surface area contributed by atoms with Crippen molar-refractivity contribution in [2.75, 3.05) is 0 Å². The Balaban J connectivity index is 2.82. The summed E-state index contributed by atoms with van der Waals surface area (Å²) in [4.78, 5) is 0. The van der Waals surface area contributed by atoms with Crippen molar-refractivity contribution >= 4 is 0 Å². The minimum atomic E-state index is 0.269. The molecule has 88 valence electrons. The summed E-state index contributed by atoms with van der Waals surface area (Å²) in [6.45, 7) is 18.6. The lowest BCUT2D eigenvalue weighted by Gasteiger charge is -2.62. The van der Waals surface area contributed by atoms with Gasteiger partial charge >= 0.3 is 0 Å². The molecule has 0 spiro atoms. The minimum absolute atomic E-state index is 0.269. The maximum absolute atomic E-state index is 2.42. The topological polar surface area (TPSA) is 0 Å². The zero-order valence-corrected chi connectivity index (χ0v) is 12.0. The second kappa shape index (κ2) is 2.91. The van der Waals surface area contributed by atoms with Crippen molar-refractivity contribution in [2.45, 2.75) is 55.4 Å². The van der Waals surface area contributed by atoms with Gasteiger partial charge in [-0.2, -0.15) is 0 Å². The van der Waals surface area contributed by atoms with E-state index in [1.807, 2.05) is 0 Å². The Morgan fingerprint density at radius 3 is 1.00 bits per heavy atom. The molecule has 0 N–H and O–H groups in total. The molecule has 0 aromatic heterocycles. The molecule has 0 heteroatoms. The molecule has 0 saturated carbocycles. The Bertz CT molecular complexity index is 426. The van der Waals surface area contributed by atoms with Gasteiger partial charge in [0.25, 0.3) is 0 Å². The second-order valence-corrected chi connectivity index (χ2v) is 6.00. The molecule has 0 atom stereocenters. The molecule has 2 aliphatic rings. The molecule has 0 radical (unpaired) electrons. The van der Waals surface area contributed by atoms with Crippen molar-refractivity contribution in [2.24, 2.45) is 10.8 Å². The van der Waals surface area contributed by atoms with Crippen LogP contribution in [-0.2, 0) is 0 Å². The first kappa shape index (κ1) is 11.7. The lowest BCUT2D eigenvalue weighted by Crippen LogP contribution is -2.52. The van der Waals surface area contributed by atoms with Crippen LogP contribution in [-0.4, -0.2) is 0 Å². The van der Waals surface area contributed by atoms with Crippen LogP contribution in [0.15, 0.2) is 33.4 Å². The van der Waals surface area contributed by atoms with Crippen molar-refractivity contribution in [3.05, 3.63) is 33.4 Å². The predicted octanol–water partition coefficient (Wildman–Crippen LogP) is 5.04. The summed E-state index contributed by atoms with van der Waals surface area (Å²) >= 11 is 0. The Kier molecular flexibility index (Phi) is 2.13. The molecular formula is C16H24. The van der Waals surface area contributed by atoms with Gasteiger partial charge in [-0.05, 0) is 52.7 Å². The number of rotatable bonds is 0. The quantitative estimate of drug-likeness (QED) is 0.498. The van der Waals surface area contributed by atoms with Gasteiger partial charge in [0.2, 0.25) is 0 Å². The lowest BCUT2D eigenvalue weighted by molar-refractivity contribution is 0.174. The molecule has 0 aliphatic heterocycles. The fraction of sp³-hybridized carbons (Fsp3) is 0.625. The third-order valence-electron chi connectivity index (χ3n) is 6.25. The SMILES string of the molecule is CC1=C(C)[C@]2(C)C(C)=C(C)[C@]2(C)C(C)=C1C. The molecule has 16 heavy (non-hydrogen) atoms. The van der Waals surface area contributed by atoms with Crippen LogP contribution >= 0.6 is 0 Å². The smallest absolute Gasteiger partial charge is 0.0223 e. The molecule has 0 bridgehead atoms. The summed E-state index contributed by atoms with van der Waals surface area (Å²) in [5, 5.41) is 0. The fourth-order valence-corrected chi connectivity index (χ4v) is 4.06. The summed E-state index contributed by atoms with van der Waals surface area (Å²) in [6.07, 6.45) is 0. The van der Waals surface area contributed by atoms with E-state index >= 15 is 0 Å². The minimum Gasteiger partial charge on any atom is -0.0623 e. The molecule has 0 aromatic carbocycles. The standard InChI is InChI=1S/C16H24/c1-9-10(2)12(4)16(8)14(6)13(5)15(16,7)11(9)3/h1-8H3/t15-,16+. The molecule has 0 saturated heterocycles. The van der Waals surface area contributed by atoms with Crippen LogP contribution < -0.4 is 0 Å². The first-order valence-electron chi connectivity index (χ1n) is 6.25. The summed E-state index contributed by atoms with van der Waals surface area (Å²) in [6, 6.07) is 0.